The Morgan fingerprint density at radius 3 is 2.57 bits per heavy atom. The van der Waals surface area contributed by atoms with Gasteiger partial charge in [-0.15, -0.1) is 5.10 Å². The van der Waals surface area contributed by atoms with E-state index in [1.807, 2.05) is 13.8 Å². The highest BCUT2D eigenvalue weighted by Gasteiger charge is 2.58. The largest absolute Gasteiger partial charge is 0.473 e. The Hall–Kier alpha value is -2.58. The quantitative estimate of drug-likeness (QED) is 0.660. The van der Waals surface area contributed by atoms with Crippen LogP contribution >= 0.6 is 0 Å². The zero-order chi connectivity index (χ0) is 21.2. The Labute approximate surface area is 175 Å². The normalized spacial score (nSPS) is 32.9. The van der Waals surface area contributed by atoms with Gasteiger partial charge in [0.2, 0.25) is 5.88 Å². The lowest BCUT2D eigenvalue weighted by Crippen LogP contribution is -2.60. The van der Waals surface area contributed by atoms with E-state index in [0.29, 0.717) is 29.8 Å². The number of carbonyl (C=O) groups is 3. The highest BCUT2D eigenvalue weighted by atomic mass is 16.5. The monoisotopic (exact) mass is 415 g/mol. The number of rotatable bonds is 7. The molecule has 0 radical (unpaired) electrons. The third kappa shape index (κ3) is 3.24. The summed E-state index contributed by atoms with van der Waals surface area (Å²) in [5.41, 5.74) is 5.94. The van der Waals surface area contributed by atoms with E-state index in [1.165, 1.54) is 4.90 Å². The predicted molar refractivity (Wildman–Crippen MR) is 107 cm³/mol. The molecule has 9 heteroatoms. The van der Waals surface area contributed by atoms with Crippen molar-refractivity contribution in [2.45, 2.75) is 83.0 Å². The Morgan fingerprint density at radius 1 is 1.27 bits per heavy atom. The van der Waals surface area contributed by atoms with Crippen LogP contribution in [0.1, 0.15) is 75.2 Å². The zero-order valence-corrected chi connectivity index (χ0v) is 17.5. The number of nitrogens with one attached hydrogen (secondary N) is 1. The van der Waals surface area contributed by atoms with Crippen molar-refractivity contribution in [3.8, 4) is 5.88 Å². The molecule has 0 aromatic carbocycles. The number of ether oxygens (including phenoxy) is 1. The van der Waals surface area contributed by atoms with Gasteiger partial charge < -0.3 is 15.8 Å². The third-order valence-electron chi connectivity index (χ3n) is 6.95. The Kier molecular flexibility index (Phi) is 4.34. The maximum Gasteiger partial charge on any atom is 0.325 e. The van der Waals surface area contributed by atoms with Gasteiger partial charge in [-0.25, -0.2) is 4.79 Å². The summed E-state index contributed by atoms with van der Waals surface area (Å²) < 4.78 is 7.79. The fourth-order valence-electron chi connectivity index (χ4n) is 5.29. The number of urea groups is 1. The second-order valence-corrected chi connectivity index (χ2v) is 9.97. The van der Waals surface area contributed by atoms with Crippen molar-refractivity contribution in [2.24, 2.45) is 17.1 Å². The van der Waals surface area contributed by atoms with Gasteiger partial charge in [0, 0.05) is 12.2 Å². The van der Waals surface area contributed by atoms with Crippen molar-refractivity contribution in [1.82, 2.24) is 20.0 Å². The van der Waals surface area contributed by atoms with Gasteiger partial charge >= 0.3 is 6.03 Å². The standard InChI is InChI=1S/C21H29N5O4/c1-11(2)5-16-19(28)26(20(29)23-16)13-6-21(7-13)8-14(9-21)30-18-15(17(22)27)10-25(24-18)12-3-4-12/h10-14,16H,3-9H2,1-2H3,(H2,22,27)(H,23,29)/t13-,14-,16?,21?. The molecule has 2 heterocycles. The number of primary amides is 1. The topological polar surface area (TPSA) is 120 Å². The van der Waals surface area contributed by atoms with Crippen molar-refractivity contribution >= 4 is 17.8 Å². The molecule has 162 valence electrons. The number of hydrogen-bond acceptors (Lipinski definition) is 5. The summed E-state index contributed by atoms with van der Waals surface area (Å²) in [6, 6.07) is -0.315. The summed E-state index contributed by atoms with van der Waals surface area (Å²) in [6.07, 6.45) is 7.80. The summed E-state index contributed by atoms with van der Waals surface area (Å²) in [6.45, 7) is 4.10. The molecule has 1 unspecified atom stereocenters. The number of nitrogens with two attached hydrogens (primary N) is 1. The average molecular weight is 415 g/mol. The van der Waals surface area contributed by atoms with Crippen LogP contribution < -0.4 is 15.8 Å². The van der Waals surface area contributed by atoms with E-state index < -0.39 is 5.91 Å². The summed E-state index contributed by atoms with van der Waals surface area (Å²) in [7, 11) is 0. The van der Waals surface area contributed by atoms with Crippen LogP contribution in [0.3, 0.4) is 0 Å². The van der Waals surface area contributed by atoms with Gasteiger partial charge in [-0.05, 0) is 56.3 Å². The summed E-state index contributed by atoms with van der Waals surface area (Å²) in [5, 5.41) is 7.26. The highest BCUT2D eigenvalue weighted by molar-refractivity contribution is 6.04. The van der Waals surface area contributed by atoms with Crippen LogP contribution in [-0.4, -0.2) is 50.7 Å². The first kappa shape index (κ1) is 19.4. The first-order valence-electron chi connectivity index (χ1n) is 10.9. The smallest absolute Gasteiger partial charge is 0.325 e. The second-order valence-electron chi connectivity index (χ2n) is 9.97. The molecule has 3 N–H and O–H groups in total. The van der Waals surface area contributed by atoms with E-state index in [2.05, 4.69) is 10.4 Å². The number of imide groups is 1. The van der Waals surface area contributed by atoms with Gasteiger partial charge in [-0.3, -0.25) is 19.2 Å². The van der Waals surface area contributed by atoms with Crippen LogP contribution in [0.5, 0.6) is 5.88 Å². The minimum absolute atomic E-state index is 0.0107. The molecule has 0 bridgehead atoms. The lowest BCUT2D eigenvalue weighted by atomic mass is 9.52. The van der Waals surface area contributed by atoms with Crippen molar-refractivity contribution < 1.29 is 19.1 Å². The highest BCUT2D eigenvalue weighted by Crippen LogP contribution is 2.58. The maximum atomic E-state index is 12.6. The van der Waals surface area contributed by atoms with Crippen LogP contribution in [0.25, 0.3) is 0 Å². The summed E-state index contributed by atoms with van der Waals surface area (Å²) in [5.74, 6) is 0.0717. The fraction of sp³-hybridized carbons (Fsp3) is 0.714. The van der Waals surface area contributed by atoms with Gasteiger partial charge in [0.15, 0.2) is 0 Å². The van der Waals surface area contributed by atoms with Gasteiger partial charge in [0.05, 0.1) is 6.04 Å². The minimum Gasteiger partial charge on any atom is -0.473 e. The van der Waals surface area contributed by atoms with E-state index >= 15 is 0 Å². The van der Waals surface area contributed by atoms with E-state index in [4.69, 9.17) is 10.5 Å². The van der Waals surface area contributed by atoms with Crippen LogP contribution in [-0.2, 0) is 4.79 Å². The number of aromatic nitrogens is 2. The molecule has 1 aliphatic heterocycles. The lowest BCUT2D eigenvalue weighted by molar-refractivity contribution is -0.141. The van der Waals surface area contributed by atoms with E-state index in [9.17, 15) is 14.4 Å². The molecule has 1 aromatic heterocycles. The molecule has 4 amide bonds. The molecule has 4 aliphatic rings. The Balaban J connectivity index is 1.16. The minimum atomic E-state index is -0.524. The Bertz CT molecular complexity index is 891. The number of nitrogens with zero attached hydrogens (tertiary/aromatic N) is 3. The third-order valence-corrected chi connectivity index (χ3v) is 6.95. The van der Waals surface area contributed by atoms with Gasteiger partial charge in [-0.1, -0.05) is 13.8 Å². The number of amides is 4. The molecule has 3 saturated carbocycles. The molecule has 5 rings (SSSR count). The molecular weight excluding hydrogens is 386 g/mol. The lowest BCUT2D eigenvalue weighted by Gasteiger charge is -2.58. The van der Waals surface area contributed by atoms with Gasteiger partial charge in [0.25, 0.3) is 11.8 Å². The van der Waals surface area contributed by atoms with Gasteiger partial charge in [-0.2, -0.15) is 0 Å². The molecular formula is C21H29N5O4. The second kappa shape index (κ2) is 6.72. The van der Waals surface area contributed by atoms with E-state index in [-0.39, 0.29) is 35.5 Å². The molecule has 1 aromatic rings. The van der Waals surface area contributed by atoms with Crippen molar-refractivity contribution in [1.29, 1.82) is 0 Å². The molecule has 9 nitrogen and oxygen atoms in total. The summed E-state index contributed by atoms with van der Waals surface area (Å²) >= 11 is 0. The van der Waals surface area contributed by atoms with Crippen molar-refractivity contribution in [3.05, 3.63) is 11.8 Å². The molecule has 1 saturated heterocycles. The predicted octanol–water partition coefficient (Wildman–Crippen LogP) is 1.97. The molecule has 1 spiro atoms. The van der Waals surface area contributed by atoms with Crippen molar-refractivity contribution in [3.63, 3.8) is 0 Å². The van der Waals surface area contributed by atoms with Crippen LogP contribution in [0.2, 0.25) is 0 Å². The Morgan fingerprint density at radius 2 is 1.97 bits per heavy atom. The van der Waals surface area contributed by atoms with E-state index in [1.54, 1.807) is 10.9 Å². The number of carbonyl (C=O) groups excluding carboxylic acids is 3. The van der Waals surface area contributed by atoms with Gasteiger partial charge in [0.1, 0.15) is 17.7 Å². The van der Waals surface area contributed by atoms with Crippen molar-refractivity contribution in [2.75, 3.05) is 0 Å². The van der Waals surface area contributed by atoms with E-state index in [0.717, 1.165) is 38.5 Å². The van der Waals surface area contributed by atoms with Crippen LogP contribution in [0.4, 0.5) is 4.79 Å². The average Bonchev–Trinajstić information content (AvgIpc) is 3.30. The molecule has 30 heavy (non-hydrogen) atoms. The number of hydrogen-bond donors (Lipinski definition) is 2. The maximum absolute atomic E-state index is 12.6. The zero-order valence-electron chi connectivity index (χ0n) is 17.5. The SMILES string of the molecule is CC(C)CC1NC(=O)N([C@H]2CC3(C[C@H](Oc4nn(C5CC5)cc4C(N)=O)C3)C2)C1=O. The summed E-state index contributed by atoms with van der Waals surface area (Å²) in [4.78, 5) is 38.1. The van der Waals surface area contributed by atoms with Crippen LogP contribution in [0.15, 0.2) is 6.20 Å². The first-order chi connectivity index (χ1) is 14.2. The fourth-order valence-corrected chi connectivity index (χ4v) is 5.29. The first-order valence-corrected chi connectivity index (χ1v) is 10.9. The molecule has 4 fully saturated rings. The molecule has 3 aliphatic carbocycles. The molecule has 1 atom stereocenters. The van der Waals surface area contributed by atoms with Crippen LogP contribution in [0, 0.1) is 11.3 Å².